The van der Waals surface area contributed by atoms with Gasteiger partial charge in [-0.3, -0.25) is 0 Å². The minimum absolute atomic E-state index is 0.0407. The lowest BCUT2D eigenvalue weighted by Crippen LogP contribution is -2.22. The van der Waals surface area contributed by atoms with E-state index in [4.69, 9.17) is 28.2 Å². The van der Waals surface area contributed by atoms with Crippen molar-refractivity contribution in [3.63, 3.8) is 0 Å². The van der Waals surface area contributed by atoms with E-state index in [-0.39, 0.29) is 25.5 Å². The Morgan fingerprint density at radius 3 is 2.39 bits per heavy atom. The van der Waals surface area contributed by atoms with Gasteiger partial charge in [0.05, 0.1) is 15.9 Å². The Hall–Kier alpha value is -1.63. The summed E-state index contributed by atoms with van der Waals surface area (Å²) in [5, 5.41) is 0.104. The fourth-order valence-corrected chi connectivity index (χ4v) is 6.21. The average molecular weight is 480 g/mol. The van der Waals surface area contributed by atoms with Gasteiger partial charge in [0, 0.05) is 17.0 Å². The second kappa shape index (κ2) is 8.38. The highest BCUT2D eigenvalue weighted by atomic mass is 35.5. The van der Waals surface area contributed by atoms with Gasteiger partial charge >= 0.3 is 0 Å². The van der Waals surface area contributed by atoms with E-state index in [0.29, 0.717) is 11.4 Å². The molecule has 31 heavy (non-hydrogen) atoms. The van der Waals surface area contributed by atoms with E-state index in [2.05, 4.69) is 30.3 Å². The van der Waals surface area contributed by atoms with Gasteiger partial charge in [-0.15, -0.1) is 0 Å². The topological polar surface area (TPSA) is 64.8 Å². The summed E-state index contributed by atoms with van der Waals surface area (Å²) >= 11 is 11.9. The minimum atomic E-state index is -3.87. The zero-order valence-corrected chi connectivity index (χ0v) is 20.4. The summed E-state index contributed by atoms with van der Waals surface area (Å²) < 4.78 is 28.6. The van der Waals surface area contributed by atoms with Crippen LogP contribution in [0.15, 0.2) is 40.3 Å². The van der Waals surface area contributed by atoms with Gasteiger partial charge in [0.15, 0.2) is 5.03 Å². The molecule has 0 N–H and O–H groups in total. The molecule has 1 aromatic carbocycles. The van der Waals surface area contributed by atoms with E-state index in [9.17, 15) is 8.42 Å². The number of hydrogen-bond donors (Lipinski definition) is 0. The highest BCUT2D eigenvalue weighted by Crippen LogP contribution is 2.33. The van der Waals surface area contributed by atoms with Crippen molar-refractivity contribution in [3.8, 4) is 0 Å². The molecular weight excluding hydrogens is 453 g/mol. The SMILES string of the molecule is CC(C)(C)c1nc2cc(S(=O)(=O)c3cc(Cl)cc(Cl)n3)ccc2n1CC1CCCCC1. The monoisotopic (exact) mass is 479 g/mol. The summed E-state index contributed by atoms with van der Waals surface area (Å²) in [7, 11) is -3.87. The quantitative estimate of drug-likeness (QED) is 0.403. The maximum absolute atomic E-state index is 13.2. The number of hydrogen-bond acceptors (Lipinski definition) is 4. The maximum Gasteiger partial charge on any atom is 0.224 e. The van der Waals surface area contributed by atoms with Crippen LogP contribution in [0.4, 0.5) is 0 Å². The smallest absolute Gasteiger partial charge is 0.224 e. The Labute approximate surface area is 193 Å². The van der Waals surface area contributed by atoms with Crippen LogP contribution in [0.3, 0.4) is 0 Å². The van der Waals surface area contributed by atoms with Gasteiger partial charge in [-0.1, -0.05) is 63.2 Å². The number of benzene rings is 1. The molecule has 0 aliphatic heterocycles. The third-order valence-corrected chi connectivity index (χ3v) is 7.92. The van der Waals surface area contributed by atoms with Crippen LogP contribution in [-0.2, 0) is 21.8 Å². The van der Waals surface area contributed by atoms with Crippen LogP contribution in [0.5, 0.6) is 0 Å². The third kappa shape index (κ3) is 4.62. The maximum atomic E-state index is 13.2. The van der Waals surface area contributed by atoms with E-state index in [1.807, 2.05) is 6.07 Å². The molecule has 0 saturated heterocycles. The zero-order valence-electron chi connectivity index (χ0n) is 18.0. The molecule has 166 valence electrons. The van der Waals surface area contributed by atoms with E-state index in [0.717, 1.165) is 17.9 Å². The molecule has 0 bridgehead atoms. The Bertz CT molecular complexity index is 1200. The lowest BCUT2D eigenvalue weighted by Gasteiger charge is -2.26. The van der Waals surface area contributed by atoms with Crippen molar-refractivity contribution < 1.29 is 8.42 Å². The molecule has 0 amide bonds. The molecule has 4 rings (SSSR count). The Kier molecular flexibility index (Phi) is 6.10. The van der Waals surface area contributed by atoms with Crippen LogP contribution in [0, 0.1) is 5.92 Å². The molecule has 0 radical (unpaired) electrons. The molecule has 1 aliphatic carbocycles. The van der Waals surface area contributed by atoms with Crippen LogP contribution in [0.1, 0.15) is 58.7 Å². The molecule has 1 aliphatic rings. The van der Waals surface area contributed by atoms with Crippen LogP contribution in [0.2, 0.25) is 10.2 Å². The fourth-order valence-electron chi connectivity index (χ4n) is 4.36. The summed E-state index contributed by atoms with van der Waals surface area (Å²) in [4.78, 5) is 8.98. The van der Waals surface area contributed by atoms with E-state index >= 15 is 0 Å². The van der Waals surface area contributed by atoms with Crippen LogP contribution < -0.4 is 0 Å². The third-order valence-electron chi connectivity index (χ3n) is 5.88. The first-order valence-electron chi connectivity index (χ1n) is 10.6. The standard InChI is InChI=1S/C23H27Cl2N3O2S/c1-23(2,3)22-26-18-13-17(31(29,30)21-12-16(24)11-20(25)27-21)9-10-19(18)28(22)14-15-7-5-4-6-8-15/h9-13,15H,4-8,14H2,1-3H3. The van der Waals surface area contributed by atoms with E-state index in [1.54, 1.807) is 12.1 Å². The second-order valence-corrected chi connectivity index (χ2v) is 12.1. The Morgan fingerprint density at radius 1 is 1.03 bits per heavy atom. The highest BCUT2D eigenvalue weighted by molar-refractivity contribution is 7.91. The lowest BCUT2D eigenvalue weighted by atomic mass is 9.88. The van der Waals surface area contributed by atoms with Crippen molar-refractivity contribution in [1.82, 2.24) is 14.5 Å². The van der Waals surface area contributed by atoms with Crippen LogP contribution in [-0.4, -0.2) is 23.0 Å². The predicted molar refractivity (Wildman–Crippen MR) is 125 cm³/mol. The summed E-state index contributed by atoms with van der Waals surface area (Å²) in [5.41, 5.74) is 1.48. The molecule has 2 aromatic heterocycles. The molecule has 3 aromatic rings. The first-order chi connectivity index (χ1) is 14.6. The van der Waals surface area contributed by atoms with Gasteiger partial charge in [-0.25, -0.2) is 18.4 Å². The normalized spacial score (nSPS) is 16.2. The van der Waals surface area contributed by atoms with E-state index in [1.165, 1.54) is 44.2 Å². The number of halogens is 2. The van der Waals surface area contributed by atoms with Crippen molar-refractivity contribution in [2.45, 2.75) is 74.8 Å². The second-order valence-electron chi connectivity index (χ2n) is 9.40. The molecule has 5 nitrogen and oxygen atoms in total. The summed E-state index contributed by atoms with van der Waals surface area (Å²) in [6.07, 6.45) is 6.34. The highest BCUT2D eigenvalue weighted by Gasteiger charge is 2.27. The van der Waals surface area contributed by atoms with Crippen molar-refractivity contribution in [3.05, 3.63) is 46.3 Å². The van der Waals surface area contributed by atoms with Crippen molar-refractivity contribution in [1.29, 1.82) is 0 Å². The fraction of sp³-hybridized carbons (Fsp3) is 0.478. The molecule has 8 heteroatoms. The summed E-state index contributed by atoms with van der Waals surface area (Å²) in [6, 6.07) is 7.84. The molecule has 1 saturated carbocycles. The molecular formula is C23H27Cl2N3O2S. The number of imidazole rings is 1. The number of nitrogens with zero attached hydrogens (tertiary/aromatic N) is 3. The number of aromatic nitrogens is 3. The Morgan fingerprint density at radius 2 is 1.74 bits per heavy atom. The van der Waals surface area contributed by atoms with Crippen molar-refractivity contribution in [2.75, 3.05) is 0 Å². The molecule has 0 spiro atoms. The molecule has 0 unspecified atom stereocenters. The van der Waals surface area contributed by atoms with Gasteiger partial charge in [-0.05, 0) is 49.1 Å². The largest absolute Gasteiger partial charge is 0.327 e. The van der Waals surface area contributed by atoms with Gasteiger partial charge in [0.25, 0.3) is 0 Å². The summed E-state index contributed by atoms with van der Waals surface area (Å²) in [6.45, 7) is 7.34. The Balaban J connectivity index is 1.80. The number of sulfone groups is 1. The van der Waals surface area contributed by atoms with Gasteiger partial charge < -0.3 is 4.57 Å². The predicted octanol–water partition coefficient (Wildman–Crippen LogP) is 6.45. The summed E-state index contributed by atoms with van der Waals surface area (Å²) in [5.74, 6) is 1.61. The first-order valence-corrected chi connectivity index (χ1v) is 12.9. The molecule has 2 heterocycles. The van der Waals surface area contributed by atoms with E-state index < -0.39 is 9.84 Å². The first kappa shape index (κ1) is 22.6. The van der Waals surface area contributed by atoms with Gasteiger partial charge in [0.1, 0.15) is 11.0 Å². The molecule has 0 atom stereocenters. The van der Waals surface area contributed by atoms with Crippen molar-refractivity contribution in [2.24, 2.45) is 5.92 Å². The average Bonchev–Trinajstić information content (AvgIpc) is 3.06. The van der Waals surface area contributed by atoms with Gasteiger partial charge in [0.2, 0.25) is 9.84 Å². The number of fused-ring (bicyclic) bond motifs is 1. The van der Waals surface area contributed by atoms with Crippen molar-refractivity contribution >= 4 is 44.1 Å². The minimum Gasteiger partial charge on any atom is -0.327 e. The number of rotatable bonds is 4. The van der Waals surface area contributed by atoms with Gasteiger partial charge in [-0.2, -0.15) is 0 Å². The van der Waals surface area contributed by atoms with Crippen LogP contribution >= 0.6 is 23.2 Å². The zero-order chi connectivity index (χ0) is 22.4. The number of pyridine rings is 1. The lowest BCUT2D eigenvalue weighted by molar-refractivity contribution is 0.313. The molecule has 1 fully saturated rings. The van der Waals surface area contributed by atoms with Crippen LogP contribution in [0.25, 0.3) is 11.0 Å².